The normalized spacial score (nSPS) is 19.3. The van der Waals surface area contributed by atoms with Gasteiger partial charge in [-0.3, -0.25) is 9.69 Å². The fourth-order valence-electron chi connectivity index (χ4n) is 5.71. The lowest BCUT2D eigenvalue weighted by atomic mass is 9.95. The summed E-state index contributed by atoms with van der Waals surface area (Å²) < 4.78 is 11.5. The third-order valence-electron chi connectivity index (χ3n) is 8.33. The number of rotatable bonds is 16. The van der Waals surface area contributed by atoms with Gasteiger partial charge >= 0.3 is 0 Å². The number of carbonyl (C=O) groups excluding carboxylic acids is 1. The Morgan fingerprint density at radius 2 is 2.00 bits per heavy atom. The number of ether oxygens (including phenoxy) is 2. The summed E-state index contributed by atoms with van der Waals surface area (Å²) in [5.74, 6) is 1.34. The maximum atomic E-state index is 12.1. The minimum atomic E-state index is -0.818. The second-order valence-electron chi connectivity index (χ2n) is 11.1. The smallest absolute Gasteiger partial charge is 0.229 e. The maximum absolute atomic E-state index is 12.1. The van der Waals surface area contributed by atoms with Gasteiger partial charge in [-0.15, -0.1) is 0 Å². The van der Waals surface area contributed by atoms with E-state index in [9.17, 15) is 15.0 Å². The maximum Gasteiger partial charge on any atom is 0.229 e. The number of anilines is 4. The minimum absolute atomic E-state index is 0.0611. The van der Waals surface area contributed by atoms with Crippen LogP contribution in [0, 0.1) is 0 Å². The number of aliphatic hydroxyl groups is 3. The van der Waals surface area contributed by atoms with Gasteiger partial charge in [-0.05, 0) is 38.0 Å². The third-order valence-corrected chi connectivity index (χ3v) is 8.60. The molecule has 4 rings (SSSR count). The molecular weight excluding hydrogens is 616 g/mol. The summed E-state index contributed by atoms with van der Waals surface area (Å²) >= 11 is 6.52. The number of hydrogen-bond donors (Lipinski definition) is 6. The molecule has 1 aliphatic carbocycles. The van der Waals surface area contributed by atoms with E-state index < -0.39 is 6.23 Å². The van der Waals surface area contributed by atoms with Crippen LogP contribution in [0.4, 0.5) is 23.1 Å². The van der Waals surface area contributed by atoms with E-state index in [1.54, 1.807) is 25.3 Å². The van der Waals surface area contributed by atoms with Crippen LogP contribution in [0.15, 0.2) is 36.2 Å². The van der Waals surface area contributed by atoms with Crippen LogP contribution in [0.3, 0.4) is 0 Å². The molecule has 1 amide bonds. The molecule has 46 heavy (non-hydrogen) atoms. The van der Waals surface area contributed by atoms with Crippen molar-refractivity contribution in [2.24, 2.45) is 0 Å². The Morgan fingerprint density at radius 3 is 2.67 bits per heavy atom. The Bertz CT molecular complexity index is 1310. The highest BCUT2D eigenvalue weighted by molar-refractivity contribution is 6.32. The number of aliphatic hydroxyl groups excluding tert-OH is 3. The van der Waals surface area contributed by atoms with Gasteiger partial charge in [0.2, 0.25) is 11.9 Å². The van der Waals surface area contributed by atoms with E-state index in [0.29, 0.717) is 60.9 Å². The van der Waals surface area contributed by atoms with Crippen molar-refractivity contribution < 1.29 is 29.6 Å². The summed E-state index contributed by atoms with van der Waals surface area (Å²) in [6.07, 6.45) is 4.44. The van der Waals surface area contributed by atoms with E-state index in [1.807, 2.05) is 30.0 Å². The molecule has 254 valence electrons. The van der Waals surface area contributed by atoms with E-state index in [0.717, 1.165) is 31.6 Å². The summed E-state index contributed by atoms with van der Waals surface area (Å²) in [5.41, 5.74) is 2.70. The van der Waals surface area contributed by atoms with E-state index in [-0.39, 0.29) is 37.7 Å². The Kier molecular flexibility index (Phi) is 13.5. The number of methoxy groups -OCH3 is 2. The molecule has 0 bridgehead atoms. The molecule has 1 fully saturated rings. The lowest BCUT2D eigenvalue weighted by Gasteiger charge is -2.41. The van der Waals surface area contributed by atoms with Crippen molar-refractivity contribution >= 4 is 40.6 Å². The molecule has 3 unspecified atom stereocenters. The van der Waals surface area contributed by atoms with Crippen molar-refractivity contribution in [3.8, 4) is 5.75 Å². The van der Waals surface area contributed by atoms with Gasteiger partial charge in [0.15, 0.2) is 5.82 Å². The molecule has 14 nitrogen and oxygen atoms in total. The summed E-state index contributed by atoms with van der Waals surface area (Å²) in [5, 5.41) is 38.6. The summed E-state index contributed by atoms with van der Waals surface area (Å²) in [6, 6.07) is 5.55. The van der Waals surface area contributed by atoms with Gasteiger partial charge in [0.05, 0.1) is 44.4 Å². The number of likely N-dealkylation sites (N-methyl/N-ethyl adjacent to an activating group) is 1. The van der Waals surface area contributed by atoms with Gasteiger partial charge in [0.25, 0.3) is 0 Å². The Morgan fingerprint density at radius 1 is 1.22 bits per heavy atom. The number of aromatic nitrogens is 2. The lowest BCUT2D eigenvalue weighted by Crippen LogP contribution is -2.51. The van der Waals surface area contributed by atoms with Gasteiger partial charge in [0, 0.05) is 76.8 Å². The quantitative estimate of drug-likeness (QED) is 0.154. The van der Waals surface area contributed by atoms with Crippen LogP contribution in [0.25, 0.3) is 0 Å². The van der Waals surface area contributed by atoms with Crippen molar-refractivity contribution in [3.05, 3.63) is 41.2 Å². The number of piperazine rings is 1. The van der Waals surface area contributed by atoms with Crippen molar-refractivity contribution in [1.82, 2.24) is 24.7 Å². The number of nitrogens with zero attached hydrogens (tertiary/aromatic N) is 5. The molecule has 15 heteroatoms. The molecule has 0 spiro atoms. The second-order valence-corrected chi connectivity index (χ2v) is 11.5. The number of benzene rings is 1. The molecule has 6 N–H and O–H groups in total. The zero-order valence-corrected chi connectivity index (χ0v) is 27.5. The standard InChI is InChI=1S/C31H47ClN8O6/c1-4-38(28(43)9-16-41)11-10-33-21-5-7-25(26(17-21)45-2)36-31-34-19-23(32)30(37-31)35-24-8-6-22(18-27(24)46-3)39-12-14-40(15-13-39)29(44)20-42/h5,7,17-19,24,27,29,33,41-42,44H,4,6,8-16,20H2,1-3H3,(H2,34,35,36,37). The monoisotopic (exact) mass is 662 g/mol. The first-order valence-electron chi connectivity index (χ1n) is 15.7. The van der Waals surface area contributed by atoms with Crippen molar-refractivity contribution in [1.29, 1.82) is 0 Å². The van der Waals surface area contributed by atoms with Gasteiger partial charge < -0.3 is 50.5 Å². The van der Waals surface area contributed by atoms with Gasteiger partial charge in [0.1, 0.15) is 17.0 Å². The summed E-state index contributed by atoms with van der Waals surface area (Å²) in [4.78, 5) is 27.0. The summed E-state index contributed by atoms with van der Waals surface area (Å²) in [7, 11) is 3.27. The zero-order chi connectivity index (χ0) is 33.1. The predicted octanol–water partition coefficient (Wildman–Crippen LogP) is 1.93. The van der Waals surface area contributed by atoms with Crippen molar-refractivity contribution in [2.45, 2.75) is 44.6 Å². The van der Waals surface area contributed by atoms with Crippen LogP contribution in [0.5, 0.6) is 5.75 Å². The van der Waals surface area contributed by atoms with Crippen LogP contribution in [-0.4, -0.2) is 138 Å². The Hall–Kier alpha value is -3.40. The average Bonchev–Trinajstić information content (AvgIpc) is 3.08. The van der Waals surface area contributed by atoms with Gasteiger partial charge in [-0.1, -0.05) is 11.6 Å². The van der Waals surface area contributed by atoms with Crippen molar-refractivity contribution in [2.75, 3.05) is 89.2 Å². The first-order valence-corrected chi connectivity index (χ1v) is 16.1. The first kappa shape index (κ1) is 35.5. The number of allylic oxidation sites excluding steroid dienone is 1. The summed E-state index contributed by atoms with van der Waals surface area (Å²) in [6.45, 7) is 6.03. The molecule has 1 saturated heterocycles. The van der Waals surface area contributed by atoms with Crippen LogP contribution in [0.1, 0.15) is 26.2 Å². The minimum Gasteiger partial charge on any atom is -0.494 e. The molecule has 2 heterocycles. The number of halogens is 1. The molecule has 3 atom stereocenters. The highest BCUT2D eigenvalue weighted by atomic mass is 35.5. The molecular formula is C31H47ClN8O6. The van der Waals surface area contributed by atoms with Crippen LogP contribution in [-0.2, 0) is 9.53 Å². The van der Waals surface area contributed by atoms with Crippen LogP contribution >= 0.6 is 11.6 Å². The fraction of sp³-hybridized carbons (Fsp3) is 0.581. The van der Waals surface area contributed by atoms with Crippen LogP contribution in [0.2, 0.25) is 5.02 Å². The molecule has 1 aliphatic heterocycles. The third kappa shape index (κ3) is 9.33. The molecule has 2 aromatic rings. The molecule has 1 aromatic heterocycles. The molecule has 2 aliphatic rings. The molecule has 1 aromatic carbocycles. The average molecular weight is 663 g/mol. The topological polar surface area (TPSA) is 168 Å². The first-order chi connectivity index (χ1) is 22.3. The van der Waals surface area contributed by atoms with E-state index in [1.165, 1.54) is 5.70 Å². The van der Waals surface area contributed by atoms with Crippen molar-refractivity contribution in [3.63, 3.8) is 0 Å². The lowest BCUT2D eigenvalue weighted by molar-refractivity contribution is -0.131. The number of nitrogens with one attached hydrogen (secondary N) is 3. The van der Waals surface area contributed by atoms with Gasteiger partial charge in [-0.2, -0.15) is 4.98 Å². The highest BCUT2D eigenvalue weighted by Crippen LogP contribution is 2.32. The zero-order valence-electron chi connectivity index (χ0n) is 26.8. The van der Waals surface area contributed by atoms with Gasteiger partial charge in [-0.25, -0.2) is 4.98 Å². The van der Waals surface area contributed by atoms with E-state index in [2.05, 4.69) is 36.9 Å². The largest absolute Gasteiger partial charge is 0.494 e. The number of hydrogen-bond acceptors (Lipinski definition) is 13. The Labute approximate surface area is 275 Å². The Balaban J connectivity index is 1.37. The van der Waals surface area contributed by atoms with E-state index in [4.69, 9.17) is 26.2 Å². The highest BCUT2D eigenvalue weighted by Gasteiger charge is 2.30. The molecule has 0 radical (unpaired) electrons. The predicted molar refractivity (Wildman–Crippen MR) is 178 cm³/mol. The van der Waals surface area contributed by atoms with Crippen LogP contribution < -0.4 is 20.7 Å². The SMILES string of the molecule is CCN(CCNc1ccc(Nc2ncc(Cl)c(NC3CCC(N4CCN(C(O)CO)CC4)=CC3OC)n2)c(OC)c1)C(=O)CCO. The number of amides is 1. The molecule has 0 saturated carbocycles. The number of carbonyl (C=O) groups is 1. The van der Waals surface area contributed by atoms with E-state index >= 15 is 0 Å². The fourth-order valence-corrected chi connectivity index (χ4v) is 5.85. The second kappa shape index (κ2) is 17.5.